The first kappa shape index (κ1) is 113. The van der Waals surface area contributed by atoms with Crippen LogP contribution in [0.15, 0.2) is 228 Å². The molecular formula is C108H116Br3N15O15S5. The van der Waals surface area contributed by atoms with E-state index in [1.54, 1.807) is 69.2 Å². The zero-order valence-electron chi connectivity index (χ0n) is 84.2. The van der Waals surface area contributed by atoms with Crippen LogP contribution in [0.25, 0.3) is 82.3 Å². The quantitative estimate of drug-likeness (QED) is 0.0224. The molecule has 0 radical (unpaired) electrons. The number of carbonyl (C=O) groups is 10. The van der Waals surface area contributed by atoms with Crippen LogP contribution < -0.4 is 0 Å². The number of hydrogen-bond donors (Lipinski definition) is 5. The highest BCUT2D eigenvalue weighted by molar-refractivity contribution is 9.11. The van der Waals surface area contributed by atoms with Crippen LogP contribution in [0.2, 0.25) is 0 Å². The van der Waals surface area contributed by atoms with Crippen molar-refractivity contribution in [2.75, 3.05) is 0 Å². The van der Waals surface area contributed by atoms with Gasteiger partial charge in [0.1, 0.15) is 40.6 Å². The number of ketones is 5. The first-order valence-electron chi connectivity index (χ1n) is 47.4. The van der Waals surface area contributed by atoms with Crippen LogP contribution in [0, 0.1) is 32.6 Å². The van der Waals surface area contributed by atoms with Gasteiger partial charge in [0.25, 0.3) is 0 Å². The van der Waals surface area contributed by atoms with Gasteiger partial charge in [0, 0.05) is 59.0 Å². The number of benzene rings is 10. The molecule has 30 nitrogen and oxygen atoms in total. The lowest BCUT2D eigenvalue weighted by Gasteiger charge is -2.23. The average Bonchev–Trinajstić information content (AvgIpc) is 1.59. The average molecular weight is 2260 g/mol. The smallest absolute Gasteiger partial charge is 0.306 e. The van der Waals surface area contributed by atoms with Crippen molar-refractivity contribution in [3.63, 3.8) is 0 Å². The minimum atomic E-state index is -0.980. The topological polar surface area (TPSA) is 425 Å². The van der Waals surface area contributed by atoms with Crippen molar-refractivity contribution in [2.24, 2.45) is 11.8 Å². The number of hydrogen-bond acceptors (Lipinski definition) is 25. The number of thioether (sulfide) groups is 5. The molecule has 1 fully saturated rings. The molecule has 146 heavy (non-hydrogen) atoms. The van der Waals surface area contributed by atoms with Gasteiger partial charge in [-0.15, -0.1) is 51.0 Å². The second kappa shape index (κ2) is 48.4. The summed E-state index contributed by atoms with van der Waals surface area (Å²) in [4.78, 5) is 118. The van der Waals surface area contributed by atoms with Crippen molar-refractivity contribution in [3.8, 4) is 28.4 Å². The molecule has 1 aliphatic rings. The van der Waals surface area contributed by atoms with Gasteiger partial charge >= 0.3 is 29.8 Å². The molecular weight excluding hydrogens is 2150 g/mol. The van der Waals surface area contributed by atoms with Crippen molar-refractivity contribution >= 4 is 219 Å². The molecule has 16 rings (SSSR count). The molecule has 0 bridgehead atoms. The Labute approximate surface area is 892 Å². The zero-order chi connectivity index (χ0) is 107. The Bertz CT molecular complexity index is 7470. The number of aliphatic carboxylic acids is 5. The Morgan fingerprint density at radius 2 is 0.630 bits per heavy atom. The van der Waals surface area contributed by atoms with Gasteiger partial charge in [0.15, 0.2) is 25.8 Å². The van der Waals surface area contributed by atoms with Gasteiger partial charge in [-0.3, -0.25) is 70.8 Å². The van der Waals surface area contributed by atoms with Crippen LogP contribution in [-0.2, 0) is 54.4 Å². The predicted octanol–water partition coefficient (Wildman–Crippen LogP) is 24.9. The van der Waals surface area contributed by atoms with Gasteiger partial charge in [-0.25, -0.2) is 0 Å². The van der Waals surface area contributed by atoms with Crippen LogP contribution in [0.3, 0.4) is 0 Å². The first-order valence-corrected chi connectivity index (χ1v) is 53.8. The highest BCUT2D eigenvalue weighted by atomic mass is 79.9. The summed E-state index contributed by atoms with van der Waals surface area (Å²) in [5.74, 6) is -4.47. The molecule has 1 saturated carbocycles. The summed E-state index contributed by atoms with van der Waals surface area (Å²) in [6.07, 6.45) is 2.79. The van der Waals surface area contributed by atoms with Crippen molar-refractivity contribution in [3.05, 3.63) is 236 Å². The summed E-state index contributed by atoms with van der Waals surface area (Å²) in [6.45, 7) is 33.3. The van der Waals surface area contributed by atoms with E-state index < -0.39 is 65.4 Å². The fourth-order valence-corrected chi connectivity index (χ4v) is 23.2. The molecule has 0 spiro atoms. The number of nitrogens with zero attached hydrogens (tertiary/aromatic N) is 15. The Balaban J connectivity index is 0.000000162. The Kier molecular flexibility index (Phi) is 37.4. The standard InChI is InChI=1S/C24H27N3O3S.C22H24BrN3O3S.C21H22BrN3O3S.C21H23N3O3S.C20H20BrN3O3S/c1-14(22(29)30)13-21(28)24(3,4)31-23-26-25-15(2)27(23)20-12-11-17(16-9-10-16)18-7-5-6-8-19(18)20;1-13(2)14-9-10-17(16-8-6-5-7-15(14)16)26-20(23)24-25-21(26)30-22(3,4)18(27)11-12-19(28)29;1-4-13-9-10-16(15-8-6-5-7-14(13)15)25-19(22)23-24-20(25)29-21(2,3)17(26)11-12-18(27)28;1-13(19(26)27)12-18(25)21(3,4)28-20-23-22-14(2)24(20)17-11-7-9-15-8-5-6-10-16(15)17;1-12-8-9-15(14-7-5-4-6-13(12)14)24-18(21)22-23-19(24)28-20(2,3)16(25)10-11-17(26)27/h5-8,11-12,14,16H,9-10,13H2,1-4H3,(H,29,30);5-10,13H,11-12H2,1-4H3,(H,28,29);5-10H,4,11-12H2,1-3H3,(H,27,28);5-11,13H,12H2,1-4H3,(H,26,27);4-9H,10-11H2,1-3H3,(H,26,27). The maximum atomic E-state index is 12.8. The lowest BCUT2D eigenvalue weighted by molar-refractivity contribution is -0.143. The predicted molar refractivity (Wildman–Crippen MR) is 585 cm³/mol. The van der Waals surface area contributed by atoms with Gasteiger partial charge in [-0.1, -0.05) is 251 Å². The Morgan fingerprint density at radius 3 is 1.02 bits per heavy atom. The highest BCUT2D eigenvalue weighted by Crippen LogP contribution is 2.48. The van der Waals surface area contributed by atoms with Crippen molar-refractivity contribution in [2.45, 2.75) is 257 Å². The third-order valence-corrected chi connectivity index (χ3v) is 32.4. The van der Waals surface area contributed by atoms with Crippen LogP contribution >= 0.6 is 107 Å². The molecule has 0 saturated heterocycles. The molecule has 1 aliphatic carbocycles. The molecule has 5 N–H and O–H groups in total. The fraction of sp³-hybridized carbons (Fsp3) is 0.352. The summed E-state index contributed by atoms with van der Waals surface area (Å²) in [5.41, 5.74) is 9.77. The van der Waals surface area contributed by atoms with E-state index in [0.29, 0.717) is 51.8 Å². The molecule has 0 aliphatic heterocycles. The van der Waals surface area contributed by atoms with Crippen molar-refractivity contribution < 1.29 is 73.5 Å². The summed E-state index contributed by atoms with van der Waals surface area (Å²) in [5, 5.41) is 101. The largest absolute Gasteiger partial charge is 0.481 e. The SMILES string of the molecule is CC(C)c1ccc(-n2c(Br)nnc2SC(C)(C)C(=O)CCC(=O)O)c2ccccc12.CCc1ccc(-n2c(Br)nnc2SC(C)(C)C(=O)CCC(=O)O)c2ccccc12.Cc1ccc(-n2c(Br)nnc2SC(C)(C)C(=O)CCC(=O)O)c2ccccc12.Cc1nnc(SC(C)(C)C(=O)CC(C)C(=O)O)n1-c1ccc(C2CC2)c2ccccc12.Cc1nnc(SC(C)(C)C(=O)CC(C)C(=O)O)n1-c1cccc2ccccc12. The number of carboxylic acid groups (broad SMARTS) is 5. The number of fused-ring (bicyclic) bond motifs is 5. The van der Waals surface area contributed by atoms with E-state index in [4.69, 9.17) is 25.5 Å². The first-order chi connectivity index (χ1) is 68.9. The molecule has 5 aromatic heterocycles. The van der Waals surface area contributed by atoms with E-state index in [2.05, 4.69) is 205 Å². The number of aryl methyl sites for hydroxylation is 4. The highest BCUT2D eigenvalue weighted by Gasteiger charge is 2.40. The Morgan fingerprint density at radius 1 is 0.329 bits per heavy atom. The summed E-state index contributed by atoms with van der Waals surface area (Å²) >= 11 is 16.9. The number of rotatable bonds is 38. The van der Waals surface area contributed by atoms with E-state index in [1.807, 2.05) is 160 Å². The normalized spacial score (nSPS) is 12.7. The van der Waals surface area contributed by atoms with Gasteiger partial charge in [-0.05, 0) is 248 Å². The fourth-order valence-electron chi connectivity index (χ4n) is 16.3. The monoisotopic (exact) mass is 2260 g/mol. The van der Waals surface area contributed by atoms with Gasteiger partial charge in [0.2, 0.25) is 14.2 Å². The molecule has 2 unspecified atom stereocenters. The Hall–Kier alpha value is -11.9. The zero-order valence-corrected chi connectivity index (χ0v) is 93.0. The lowest BCUT2D eigenvalue weighted by atomic mass is 9.95. The molecule has 764 valence electrons. The van der Waals surface area contributed by atoms with E-state index >= 15 is 0 Å². The minimum absolute atomic E-state index is 0.0124. The second-order valence-electron chi connectivity index (χ2n) is 38.2. The van der Waals surface area contributed by atoms with E-state index in [0.717, 1.165) is 84.2 Å². The molecule has 5 heterocycles. The number of Topliss-reactive ketones (excluding diaryl/α,β-unsaturated/α-hetero) is 5. The van der Waals surface area contributed by atoms with Crippen LogP contribution in [0.5, 0.6) is 0 Å². The van der Waals surface area contributed by atoms with Gasteiger partial charge in [0.05, 0.1) is 83.3 Å². The van der Waals surface area contributed by atoms with Crippen molar-refractivity contribution in [1.82, 2.24) is 73.8 Å². The van der Waals surface area contributed by atoms with Gasteiger partial charge < -0.3 is 25.5 Å². The number of halogens is 3. The second-order valence-corrected chi connectivity index (χ2v) is 48.3. The molecule has 10 aromatic carbocycles. The van der Waals surface area contributed by atoms with Crippen molar-refractivity contribution in [1.29, 1.82) is 0 Å². The van der Waals surface area contributed by atoms with E-state index in [9.17, 15) is 47.9 Å². The van der Waals surface area contributed by atoms with Gasteiger partial charge in [-0.2, -0.15) is 0 Å². The maximum absolute atomic E-state index is 12.8. The third kappa shape index (κ3) is 27.2. The number of carbonyl (C=O) groups excluding carboxylic acids is 5. The lowest BCUT2D eigenvalue weighted by Crippen LogP contribution is -2.31. The molecule has 15 aromatic rings. The number of carboxylic acids is 5. The van der Waals surface area contributed by atoms with Crippen LogP contribution in [0.1, 0.15) is 214 Å². The summed E-state index contributed by atoms with van der Waals surface area (Å²) in [6, 6.07) is 63.7. The molecule has 38 heteroatoms. The maximum Gasteiger partial charge on any atom is 0.306 e. The third-order valence-electron chi connectivity index (χ3n) is 25.0. The molecule has 2 atom stereocenters. The minimum Gasteiger partial charge on any atom is -0.481 e. The summed E-state index contributed by atoms with van der Waals surface area (Å²) in [7, 11) is 0. The van der Waals surface area contributed by atoms with E-state index in [1.165, 1.54) is 110 Å². The van der Waals surface area contributed by atoms with Crippen LogP contribution in [0.4, 0.5) is 0 Å². The molecule has 0 amide bonds. The number of aromatic nitrogens is 15. The van der Waals surface area contributed by atoms with Crippen LogP contribution in [-0.4, -0.2) is 182 Å². The summed E-state index contributed by atoms with van der Waals surface area (Å²) < 4.78 is 7.06. The van der Waals surface area contributed by atoms with E-state index in [-0.39, 0.29) is 80.3 Å².